The number of benzene rings is 1. The molecule has 2 aromatic heterocycles. The molecule has 3 aliphatic rings. The fraction of sp³-hybridized carbons (Fsp3) is 0.333. The first-order valence-electron chi connectivity index (χ1n) is 12.0. The zero-order chi connectivity index (χ0) is 24.2. The third-order valence-electron chi connectivity index (χ3n) is 7.58. The maximum atomic E-state index is 13.3. The maximum Gasteiger partial charge on any atom is 0.340 e. The van der Waals surface area contributed by atoms with E-state index < -0.39 is 5.60 Å². The number of para-hydroxylation sites is 1. The fourth-order valence-corrected chi connectivity index (χ4v) is 5.73. The summed E-state index contributed by atoms with van der Waals surface area (Å²) in [5, 5.41) is 7.17. The molecular weight excluding hydrogens is 442 g/mol. The van der Waals surface area contributed by atoms with Crippen LogP contribution in [-0.4, -0.2) is 57.5 Å². The van der Waals surface area contributed by atoms with Gasteiger partial charge in [0.1, 0.15) is 5.60 Å². The monoisotopic (exact) mass is 469 g/mol. The van der Waals surface area contributed by atoms with Crippen LogP contribution < -0.4 is 5.01 Å². The van der Waals surface area contributed by atoms with Crippen molar-refractivity contribution in [2.45, 2.75) is 25.4 Å². The van der Waals surface area contributed by atoms with Gasteiger partial charge in [-0.2, -0.15) is 9.89 Å². The number of carbonyl (C=O) groups excluding carboxylic acids is 2. The van der Waals surface area contributed by atoms with E-state index in [-0.39, 0.29) is 23.8 Å². The van der Waals surface area contributed by atoms with Crippen LogP contribution in [0.1, 0.15) is 19.8 Å². The van der Waals surface area contributed by atoms with Gasteiger partial charge in [0, 0.05) is 67.8 Å². The van der Waals surface area contributed by atoms with Gasteiger partial charge in [-0.25, -0.2) is 14.6 Å². The number of carbonyl (C=O) groups is 2. The van der Waals surface area contributed by atoms with Crippen molar-refractivity contribution >= 4 is 22.9 Å². The second-order valence-electron chi connectivity index (χ2n) is 9.63. The van der Waals surface area contributed by atoms with Crippen molar-refractivity contribution in [2.24, 2.45) is 11.8 Å². The Hall–Kier alpha value is -3.94. The lowest BCUT2D eigenvalue weighted by molar-refractivity contribution is -0.152. The van der Waals surface area contributed by atoms with Crippen molar-refractivity contribution in [3.63, 3.8) is 0 Å². The molecule has 1 aromatic carbocycles. The molecule has 0 radical (unpaired) electrons. The predicted molar refractivity (Wildman–Crippen MR) is 132 cm³/mol. The van der Waals surface area contributed by atoms with E-state index >= 15 is 0 Å². The highest BCUT2D eigenvalue weighted by atomic mass is 16.6. The van der Waals surface area contributed by atoms with Crippen molar-refractivity contribution in [2.75, 3.05) is 25.1 Å². The molecule has 2 saturated heterocycles. The van der Waals surface area contributed by atoms with Crippen LogP contribution in [0.2, 0.25) is 0 Å². The molecule has 2 unspecified atom stereocenters. The van der Waals surface area contributed by atoms with E-state index in [2.05, 4.69) is 23.1 Å². The molecule has 6 rings (SSSR count). The van der Waals surface area contributed by atoms with Gasteiger partial charge in [-0.15, -0.1) is 0 Å². The SMILES string of the molecule is CC1C=CC=C2C(=O)OC3(CCN(C(=O)N(C)n4ccc(-c5cnc6ccccc6c5)n4)CC3)C21. The number of rotatable bonds is 2. The Balaban J connectivity index is 1.16. The molecule has 8 nitrogen and oxygen atoms in total. The standard InChI is InChI=1S/C27H27N5O3/c1-18-6-5-8-21-24(18)27(35-25(21)33)11-14-31(15-12-27)26(34)30(2)32-13-10-23(29-32)20-16-19-7-3-4-9-22(19)28-17-20/h3-10,13,16-18,24H,11-12,14-15H2,1-2H3. The number of pyridine rings is 1. The molecule has 0 bridgehead atoms. The van der Waals surface area contributed by atoms with Crippen LogP contribution in [-0.2, 0) is 9.53 Å². The Kier molecular flexibility index (Phi) is 4.98. The van der Waals surface area contributed by atoms with Crippen molar-refractivity contribution in [3.8, 4) is 11.3 Å². The molecule has 4 heterocycles. The van der Waals surface area contributed by atoms with Gasteiger partial charge in [0.2, 0.25) is 0 Å². The minimum atomic E-state index is -0.523. The average Bonchev–Trinajstić information content (AvgIpc) is 3.48. The van der Waals surface area contributed by atoms with Gasteiger partial charge >= 0.3 is 12.0 Å². The van der Waals surface area contributed by atoms with Crippen molar-refractivity contribution in [1.29, 1.82) is 0 Å². The number of amides is 2. The summed E-state index contributed by atoms with van der Waals surface area (Å²) in [5.41, 5.74) is 2.82. The predicted octanol–water partition coefficient (Wildman–Crippen LogP) is 3.93. The van der Waals surface area contributed by atoms with Crippen LogP contribution >= 0.6 is 0 Å². The van der Waals surface area contributed by atoms with Gasteiger partial charge in [0.05, 0.1) is 11.2 Å². The number of allylic oxidation sites excluding steroid dienone is 3. The van der Waals surface area contributed by atoms with Crippen molar-refractivity contribution in [1.82, 2.24) is 19.8 Å². The number of hydrogen-bond donors (Lipinski definition) is 0. The van der Waals surface area contributed by atoms with Gasteiger partial charge in [-0.05, 0) is 24.1 Å². The van der Waals surface area contributed by atoms with Gasteiger partial charge in [-0.1, -0.05) is 43.4 Å². The van der Waals surface area contributed by atoms with E-state index in [4.69, 9.17) is 4.74 Å². The van der Waals surface area contributed by atoms with E-state index in [1.807, 2.05) is 53.5 Å². The molecule has 1 aliphatic carbocycles. The van der Waals surface area contributed by atoms with Crippen LogP contribution in [0.25, 0.3) is 22.2 Å². The third kappa shape index (κ3) is 3.51. The summed E-state index contributed by atoms with van der Waals surface area (Å²) in [7, 11) is 1.71. The van der Waals surface area contributed by atoms with Gasteiger partial charge in [0.25, 0.3) is 0 Å². The minimum absolute atomic E-state index is 0.0548. The normalized spacial score (nSPS) is 22.7. The van der Waals surface area contributed by atoms with Gasteiger partial charge in [-0.3, -0.25) is 4.98 Å². The molecule has 2 amide bonds. The van der Waals surface area contributed by atoms with Crippen LogP contribution in [0.15, 0.2) is 72.6 Å². The molecule has 0 N–H and O–H groups in total. The molecule has 2 atom stereocenters. The topological polar surface area (TPSA) is 80.6 Å². The quantitative estimate of drug-likeness (QED) is 0.532. The molecule has 8 heteroatoms. The lowest BCUT2D eigenvalue weighted by Crippen LogP contribution is -2.55. The largest absolute Gasteiger partial charge is 0.455 e. The fourth-order valence-electron chi connectivity index (χ4n) is 5.73. The Morgan fingerprint density at radius 3 is 2.83 bits per heavy atom. The van der Waals surface area contributed by atoms with Gasteiger partial charge < -0.3 is 9.64 Å². The average molecular weight is 470 g/mol. The van der Waals surface area contributed by atoms with E-state index in [0.717, 1.165) is 27.7 Å². The first kappa shape index (κ1) is 21.6. The minimum Gasteiger partial charge on any atom is -0.455 e. The Morgan fingerprint density at radius 2 is 2.00 bits per heavy atom. The van der Waals surface area contributed by atoms with E-state index in [1.54, 1.807) is 24.2 Å². The number of nitrogens with zero attached hydrogens (tertiary/aromatic N) is 5. The highest BCUT2D eigenvalue weighted by molar-refractivity contribution is 5.93. The molecule has 178 valence electrons. The number of ether oxygens (including phenoxy) is 1. The van der Waals surface area contributed by atoms with Gasteiger partial charge in [0.15, 0.2) is 0 Å². The number of aromatic nitrogens is 3. The number of esters is 1. The molecule has 2 fully saturated rings. The molecule has 0 saturated carbocycles. The van der Waals surface area contributed by atoms with E-state index in [0.29, 0.717) is 25.9 Å². The Labute approximate surface area is 203 Å². The van der Waals surface area contributed by atoms with Crippen LogP contribution in [0.5, 0.6) is 0 Å². The highest BCUT2D eigenvalue weighted by Crippen LogP contribution is 2.49. The zero-order valence-corrected chi connectivity index (χ0v) is 19.8. The number of fused-ring (bicyclic) bond motifs is 3. The number of piperidine rings is 1. The summed E-state index contributed by atoms with van der Waals surface area (Å²) >= 11 is 0. The summed E-state index contributed by atoms with van der Waals surface area (Å²) in [6, 6.07) is 11.7. The van der Waals surface area contributed by atoms with Crippen LogP contribution in [0, 0.1) is 11.8 Å². The molecule has 1 spiro atoms. The van der Waals surface area contributed by atoms with E-state index in [9.17, 15) is 9.59 Å². The van der Waals surface area contributed by atoms with Crippen LogP contribution in [0.3, 0.4) is 0 Å². The number of likely N-dealkylation sites (tertiary alicyclic amines) is 1. The first-order chi connectivity index (χ1) is 16.9. The highest BCUT2D eigenvalue weighted by Gasteiger charge is 2.55. The number of urea groups is 1. The maximum absolute atomic E-state index is 13.3. The van der Waals surface area contributed by atoms with Crippen LogP contribution in [0.4, 0.5) is 4.79 Å². The van der Waals surface area contributed by atoms with Crippen molar-refractivity contribution in [3.05, 3.63) is 72.6 Å². The smallest absolute Gasteiger partial charge is 0.340 e. The molecular formula is C27H27N5O3. The summed E-state index contributed by atoms with van der Waals surface area (Å²) in [6.45, 7) is 3.18. The number of hydrogen-bond acceptors (Lipinski definition) is 5. The van der Waals surface area contributed by atoms with E-state index in [1.165, 1.54) is 5.01 Å². The Bertz CT molecular complexity index is 1380. The third-order valence-corrected chi connectivity index (χ3v) is 7.58. The molecule has 2 aliphatic heterocycles. The summed E-state index contributed by atoms with van der Waals surface area (Å²) < 4.78 is 5.94. The summed E-state index contributed by atoms with van der Waals surface area (Å²) in [5.74, 6) is 0.0769. The lowest BCUT2D eigenvalue weighted by atomic mass is 9.70. The Morgan fingerprint density at radius 1 is 1.20 bits per heavy atom. The molecule has 35 heavy (non-hydrogen) atoms. The first-order valence-corrected chi connectivity index (χ1v) is 12.0. The second kappa shape index (κ2) is 8.08. The lowest BCUT2D eigenvalue weighted by Gasteiger charge is -2.43. The summed E-state index contributed by atoms with van der Waals surface area (Å²) in [6.07, 6.45) is 10.8. The summed E-state index contributed by atoms with van der Waals surface area (Å²) in [4.78, 5) is 33.7. The van der Waals surface area contributed by atoms with Crippen molar-refractivity contribution < 1.29 is 14.3 Å². The second-order valence-corrected chi connectivity index (χ2v) is 9.63. The molecule has 3 aromatic rings. The zero-order valence-electron chi connectivity index (χ0n) is 19.8.